The molecule has 438 valence electrons. The molecule has 4 aliphatic heterocycles. The van der Waals surface area contributed by atoms with Gasteiger partial charge in [0, 0.05) is 47.3 Å². The molecule has 0 amide bonds. The summed E-state index contributed by atoms with van der Waals surface area (Å²) in [5, 5.41) is 0. The van der Waals surface area contributed by atoms with E-state index >= 15 is 0 Å². The molecular formula is C72H92N2O8. The van der Waals surface area contributed by atoms with E-state index in [0.29, 0.717) is 25.4 Å². The number of nitrogens with zero attached hydrogens (tertiary/aromatic N) is 2. The van der Waals surface area contributed by atoms with Gasteiger partial charge in [0.25, 0.3) is 0 Å². The van der Waals surface area contributed by atoms with Crippen LogP contribution in [0.2, 0.25) is 0 Å². The SMILES string of the molecule is CCCCCC(OCC1CO1)c1ccc(N(c2ccc(CCCCCCOCC3CO3)cc2)c2ccc(-c3ccc(N(c4ccc(CCCCCCOCC5CO5)cc4)c4ccc(C(CCCCC)OCC5CO5)cc4)cc3)cc2)cc1. The molecule has 4 saturated heterocycles. The van der Waals surface area contributed by atoms with E-state index in [4.69, 9.17) is 37.9 Å². The van der Waals surface area contributed by atoms with Gasteiger partial charge in [-0.05, 0) is 158 Å². The Bertz CT molecular complexity index is 2530. The fraction of sp³-hybridized carbons (Fsp3) is 0.500. The number of anilines is 6. The lowest BCUT2D eigenvalue weighted by atomic mass is 10.0. The summed E-state index contributed by atoms with van der Waals surface area (Å²) in [5.74, 6) is 0. The quantitative estimate of drug-likeness (QED) is 0.0273. The molecule has 0 N–H and O–H groups in total. The van der Waals surface area contributed by atoms with Crippen LogP contribution in [0.3, 0.4) is 0 Å². The van der Waals surface area contributed by atoms with Crippen molar-refractivity contribution >= 4 is 34.1 Å². The first-order valence-corrected chi connectivity index (χ1v) is 31.6. The predicted molar refractivity (Wildman–Crippen MR) is 332 cm³/mol. The highest BCUT2D eigenvalue weighted by Crippen LogP contribution is 2.40. The van der Waals surface area contributed by atoms with Gasteiger partial charge in [-0.15, -0.1) is 0 Å². The fourth-order valence-corrected chi connectivity index (χ4v) is 11.0. The average molecular weight is 1110 g/mol. The topological polar surface area (TPSA) is 93.5 Å². The molecule has 0 radical (unpaired) electrons. The minimum Gasteiger partial charge on any atom is -0.379 e. The van der Waals surface area contributed by atoms with E-state index in [2.05, 4.69) is 169 Å². The van der Waals surface area contributed by atoms with Crippen molar-refractivity contribution in [3.8, 4) is 11.1 Å². The van der Waals surface area contributed by atoms with Crippen LogP contribution < -0.4 is 9.80 Å². The molecule has 6 unspecified atom stereocenters. The van der Waals surface area contributed by atoms with Crippen LogP contribution in [-0.4, -0.2) is 90.5 Å². The molecule has 0 bridgehead atoms. The van der Waals surface area contributed by atoms with Crippen LogP contribution in [0, 0.1) is 0 Å². The van der Waals surface area contributed by atoms with Gasteiger partial charge in [0.2, 0.25) is 0 Å². The summed E-state index contributed by atoms with van der Waals surface area (Å²) in [6, 6.07) is 54.7. The Morgan fingerprint density at radius 3 is 0.988 bits per heavy atom. The number of epoxide rings is 4. The Morgan fingerprint density at radius 2 is 0.659 bits per heavy atom. The average Bonchev–Trinajstić information content (AvgIpc) is 4.38. The van der Waals surface area contributed by atoms with Crippen LogP contribution >= 0.6 is 0 Å². The highest BCUT2D eigenvalue weighted by Gasteiger charge is 2.27. The largest absolute Gasteiger partial charge is 0.379 e. The summed E-state index contributed by atoms with van der Waals surface area (Å²) in [5.41, 5.74) is 14.3. The van der Waals surface area contributed by atoms with Crippen molar-refractivity contribution in [2.45, 2.75) is 166 Å². The number of unbranched alkanes of at least 4 members (excludes halogenated alkanes) is 10. The first-order chi connectivity index (χ1) is 40.6. The molecule has 4 heterocycles. The highest BCUT2D eigenvalue weighted by atomic mass is 16.6. The molecule has 0 aliphatic carbocycles. The van der Waals surface area contributed by atoms with E-state index in [0.717, 1.165) is 138 Å². The van der Waals surface area contributed by atoms with Gasteiger partial charge in [-0.2, -0.15) is 0 Å². The Kier molecular flexibility index (Phi) is 23.3. The number of rotatable bonds is 41. The Labute approximate surface area is 490 Å². The second-order valence-corrected chi connectivity index (χ2v) is 23.2. The van der Waals surface area contributed by atoms with E-state index < -0.39 is 0 Å². The first-order valence-electron chi connectivity index (χ1n) is 31.6. The first kappa shape index (κ1) is 59.7. The standard InChI is InChI=1S/C72H92N2O8/c1-3-5-11-19-71(81-53-69-51-79-69)59-29-41-65(42-30-59)73(61-33-21-55(22-34-61)17-13-7-9-15-45-75-47-67-49-77-67)63-37-25-57(26-38-63)58-27-39-64(40-28-58)74(62-35-23-56(24-36-62)18-14-8-10-16-46-76-48-68-50-78-68)66-43-31-60(32-44-66)72(20-12-6-4-2)82-54-70-52-80-70/h21-44,67-72H,3-20,45-54H2,1-2H3. The van der Waals surface area contributed by atoms with Crippen LogP contribution in [0.1, 0.15) is 151 Å². The molecule has 0 spiro atoms. The van der Waals surface area contributed by atoms with Gasteiger partial charge in [-0.3, -0.25) is 0 Å². The van der Waals surface area contributed by atoms with Gasteiger partial charge in [-0.1, -0.05) is 151 Å². The third kappa shape index (κ3) is 19.3. The lowest BCUT2D eigenvalue weighted by Crippen LogP contribution is -2.12. The van der Waals surface area contributed by atoms with Crippen molar-refractivity contribution in [1.29, 1.82) is 0 Å². The van der Waals surface area contributed by atoms with Crippen LogP contribution in [0.15, 0.2) is 146 Å². The molecule has 10 heteroatoms. The third-order valence-electron chi connectivity index (χ3n) is 16.4. The number of hydrogen-bond acceptors (Lipinski definition) is 10. The molecule has 0 saturated carbocycles. The molecule has 4 aliphatic rings. The maximum absolute atomic E-state index is 6.49. The normalized spacial score (nSPS) is 18.5. The van der Waals surface area contributed by atoms with Gasteiger partial charge in [0.1, 0.15) is 24.4 Å². The Balaban J connectivity index is 0.848. The molecule has 82 heavy (non-hydrogen) atoms. The monoisotopic (exact) mass is 1110 g/mol. The van der Waals surface area contributed by atoms with E-state index in [-0.39, 0.29) is 24.4 Å². The van der Waals surface area contributed by atoms with Gasteiger partial charge < -0.3 is 47.7 Å². The van der Waals surface area contributed by atoms with E-state index in [9.17, 15) is 0 Å². The molecule has 4 fully saturated rings. The molecular weight excluding hydrogens is 1020 g/mol. The van der Waals surface area contributed by atoms with Gasteiger partial charge >= 0.3 is 0 Å². The van der Waals surface area contributed by atoms with Gasteiger partial charge in [-0.25, -0.2) is 0 Å². The number of benzene rings is 6. The minimum atomic E-state index is 0.0565. The van der Waals surface area contributed by atoms with Crippen molar-refractivity contribution in [1.82, 2.24) is 0 Å². The van der Waals surface area contributed by atoms with Gasteiger partial charge in [0.15, 0.2) is 0 Å². The minimum absolute atomic E-state index is 0.0565. The lowest BCUT2D eigenvalue weighted by Gasteiger charge is -2.27. The molecule has 10 nitrogen and oxygen atoms in total. The summed E-state index contributed by atoms with van der Waals surface area (Å²) >= 11 is 0. The van der Waals surface area contributed by atoms with Crippen molar-refractivity contribution in [2.24, 2.45) is 0 Å². The van der Waals surface area contributed by atoms with Crippen LogP contribution in [0.4, 0.5) is 34.1 Å². The molecule has 10 rings (SSSR count). The second kappa shape index (κ2) is 32.0. The summed E-state index contributed by atoms with van der Waals surface area (Å²) in [7, 11) is 0. The third-order valence-corrected chi connectivity index (χ3v) is 16.4. The summed E-state index contributed by atoms with van der Waals surface area (Å²) in [6.45, 7) is 12.3. The Morgan fingerprint density at radius 1 is 0.354 bits per heavy atom. The maximum Gasteiger partial charge on any atom is 0.104 e. The number of hydrogen-bond donors (Lipinski definition) is 0. The van der Waals surface area contributed by atoms with E-state index in [1.807, 2.05) is 0 Å². The van der Waals surface area contributed by atoms with E-state index in [1.165, 1.54) is 97.6 Å². The molecule has 6 aromatic carbocycles. The van der Waals surface area contributed by atoms with Crippen molar-refractivity contribution in [3.63, 3.8) is 0 Å². The zero-order valence-corrected chi connectivity index (χ0v) is 49.3. The molecule has 0 aromatic heterocycles. The van der Waals surface area contributed by atoms with Crippen molar-refractivity contribution in [2.75, 3.05) is 75.9 Å². The molecule has 6 atom stereocenters. The summed E-state index contributed by atoms with van der Waals surface area (Å²) in [4.78, 5) is 4.77. The van der Waals surface area contributed by atoms with Crippen LogP contribution in [0.25, 0.3) is 11.1 Å². The van der Waals surface area contributed by atoms with Gasteiger partial charge in [0.05, 0.1) is 65.1 Å². The van der Waals surface area contributed by atoms with Crippen molar-refractivity contribution in [3.05, 3.63) is 168 Å². The van der Waals surface area contributed by atoms with Crippen molar-refractivity contribution < 1.29 is 37.9 Å². The van der Waals surface area contributed by atoms with Crippen LogP contribution in [-0.2, 0) is 50.7 Å². The zero-order valence-electron chi connectivity index (χ0n) is 49.3. The smallest absolute Gasteiger partial charge is 0.104 e. The predicted octanol–water partition coefficient (Wildman–Crippen LogP) is 17.4. The van der Waals surface area contributed by atoms with Crippen LogP contribution in [0.5, 0.6) is 0 Å². The summed E-state index contributed by atoms with van der Waals surface area (Å²) in [6.07, 6.45) is 21.9. The second-order valence-electron chi connectivity index (χ2n) is 23.2. The fourth-order valence-electron chi connectivity index (χ4n) is 11.0. The lowest BCUT2D eigenvalue weighted by molar-refractivity contribution is 0.0347. The zero-order chi connectivity index (χ0) is 56.0. The number of aryl methyl sites for hydroxylation is 2. The van der Waals surface area contributed by atoms with E-state index in [1.54, 1.807) is 0 Å². The highest BCUT2D eigenvalue weighted by molar-refractivity contribution is 5.81. The molecule has 6 aromatic rings. The Hall–Kier alpha value is -5.40. The summed E-state index contributed by atoms with van der Waals surface area (Å²) < 4.78 is 46.1. The number of ether oxygens (including phenoxy) is 8. The maximum atomic E-state index is 6.49.